The summed E-state index contributed by atoms with van der Waals surface area (Å²) in [5.41, 5.74) is 0.238. The number of anilines is 1. The zero-order chi connectivity index (χ0) is 25.5. The van der Waals surface area contributed by atoms with Gasteiger partial charge in [0.2, 0.25) is 17.6 Å². The van der Waals surface area contributed by atoms with Crippen molar-refractivity contribution in [3.8, 4) is 17.5 Å². The van der Waals surface area contributed by atoms with E-state index in [0.717, 1.165) is 17.8 Å². The summed E-state index contributed by atoms with van der Waals surface area (Å²) in [6, 6.07) is 16.2. The van der Waals surface area contributed by atoms with Gasteiger partial charge < -0.3 is 9.42 Å². The fourth-order valence-electron chi connectivity index (χ4n) is 4.01. The summed E-state index contributed by atoms with van der Waals surface area (Å²) in [6.07, 6.45) is -4.20. The summed E-state index contributed by atoms with van der Waals surface area (Å²) in [7, 11) is 0. The number of nitriles is 1. The molecule has 188 valence electrons. The Morgan fingerprint density at radius 2 is 1.78 bits per heavy atom. The molecular weight excluding hydrogens is 473 g/mol. The molecule has 0 radical (unpaired) electrons. The van der Waals surface area contributed by atoms with E-state index in [4.69, 9.17) is 9.78 Å². The molecule has 1 fully saturated rings. The Bertz CT molecular complexity index is 1200. The highest BCUT2D eigenvalue weighted by Gasteiger charge is 2.31. The van der Waals surface area contributed by atoms with Crippen LogP contribution >= 0.6 is 0 Å². The summed E-state index contributed by atoms with van der Waals surface area (Å²) >= 11 is 0. The van der Waals surface area contributed by atoms with Crippen molar-refractivity contribution in [3.05, 3.63) is 66.1 Å². The monoisotopic (exact) mass is 498 g/mol. The second kappa shape index (κ2) is 11.3. The zero-order valence-electron chi connectivity index (χ0n) is 19.5. The molecule has 2 heterocycles. The quantitative estimate of drug-likeness (QED) is 0.467. The van der Waals surface area contributed by atoms with Crippen LogP contribution in [0, 0.1) is 11.3 Å². The van der Waals surface area contributed by atoms with Gasteiger partial charge in [0.15, 0.2) is 0 Å². The first kappa shape index (κ1) is 25.3. The highest BCUT2D eigenvalue weighted by atomic mass is 19.4. The fraction of sp³-hybridized carbons (Fsp3) is 0.360. The van der Waals surface area contributed by atoms with Crippen LogP contribution in [0.5, 0.6) is 0 Å². The van der Waals surface area contributed by atoms with E-state index in [1.54, 1.807) is 4.90 Å². The standard InChI is InChI=1S/C25H25F3N6O2/c26-25(27,28)20-7-4-6-19(16-20)24-30-22(36-31-24)17-32-12-14-33(15-13-32)18-23(35)34(11-5-10-29)21-8-2-1-3-9-21/h1-4,6-9,16H,5,11-15,17-18H2. The number of carbonyl (C=O) groups is 1. The van der Waals surface area contributed by atoms with Crippen molar-refractivity contribution in [2.45, 2.75) is 19.1 Å². The number of rotatable bonds is 8. The van der Waals surface area contributed by atoms with E-state index in [-0.39, 0.29) is 30.3 Å². The number of piperazine rings is 1. The second-order valence-electron chi connectivity index (χ2n) is 8.43. The number of aromatic nitrogens is 2. The third-order valence-corrected chi connectivity index (χ3v) is 5.91. The molecule has 8 nitrogen and oxygen atoms in total. The van der Waals surface area contributed by atoms with Crippen molar-refractivity contribution >= 4 is 11.6 Å². The minimum Gasteiger partial charge on any atom is -0.338 e. The van der Waals surface area contributed by atoms with Crippen LogP contribution in [0.15, 0.2) is 59.1 Å². The Morgan fingerprint density at radius 1 is 1.06 bits per heavy atom. The van der Waals surface area contributed by atoms with Gasteiger partial charge in [-0.25, -0.2) is 0 Å². The minimum atomic E-state index is -4.45. The normalized spacial score (nSPS) is 14.9. The van der Waals surface area contributed by atoms with Crippen molar-refractivity contribution in [3.63, 3.8) is 0 Å². The minimum absolute atomic E-state index is 0.0625. The van der Waals surface area contributed by atoms with Gasteiger partial charge in [0, 0.05) is 44.0 Å². The molecule has 0 N–H and O–H groups in total. The molecule has 1 aliphatic rings. The van der Waals surface area contributed by atoms with Gasteiger partial charge in [0.25, 0.3) is 0 Å². The number of hydrogen-bond acceptors (Lipinski definition) is 7. The number of carbonyl (C=O) groups excluding carboxylic acids is 1. The molecule has 3 aromatic rings. The van der Waals surface area contributed by atoms with E-state index in [1.807, 2.05) is 30.3 Å². The van der Waals surface area contributed by atoms with Gasteiger partial charge in [-0.2, -0.15) is 23.4 Å². The lowest BCUT2D eigenvalue weighted by Gasteiger charge is -2.34. The highest BCUT2D eigenvalue weighted by Crippen LogP contribution is 2.31. The van der Waals surface area contributed by atoms with Gasteiger partial charge in [0.05, 0.1) is 31.1 Å². The van der Waals surface area contributed by atoms with Crippen molar-refractivity contribution < 1.29 is 22.5 Å². The first-order valence-corrected chi connectivity index (χ1v) is 11.5. The van der Waals surface area contributed by atoms with Gasteiger partial charge in [-0.15, -0.1) is 0 Å². The molecule has 11 heteroatoms. The zero-order valence-corrected chi connectivity index (χ0v) is 19.5. The molecule has 0 saturated carbocycles. The van der Waals surface area contributed by atoms with E-state index in [2.05, 4.69) is 26.0 Å². The lowest BCUT2D eigenvalue weighted by molar-refractivity contribution is -0.137. The van der Waals surface area contributed by atoms with E-state index < -0.39 is 11.7 Å². The van der Waals surface area contributed by atoms with E-state index in [0.29, 0.717) is 45.2 Å². The van der Waals surface area contributed by atoms with E-state index in [1.165, 1.54) is 12.1 Å². The number of hydrogen-bond donors (Lipinski definition) is 0. The Morgan fingerprint density at radius 3 is 2.47 bits per heavy atom. The van der Waals surface area contributed by atoms with Crippen molar-refractivity contribution in [2.24, 2.45) is 0 Å². The summed E-state index contributed by atoms with van der Waals surface area (Å²) < 4.78 is 44.2. The molecule has 1 aromatic heterocycles. The first-order chi connectivity index (χ1) is 17.3. The second-order valence-corrected chi connectivity index (χ2v) is 8.43. The molecule has 1 saturated heterocycles. The average Bonchev–Trinajstić information content (AvgIpc) is 3.34. The predicted octanol–water partition coefficient (Wildman–Crippen LogP) is 3.82. The lowest BCUT2D eigenvalue weighted by atomic mass is 10.1. The maximum atomic E-state index is 13.0. The van der Waals surface area contributed by atoms with Crippen LogP contribution in [0.2, 0.25) is 0 Å². The summed E-state index contributed by atoms with van der Waals surface area (Å²) in [5.74, 6) is 0.366. The molecule has 0 unspecified atom stereocenters. The van der Waals surface area contributed by atoms with Crippen molar-refractivity contribution in [1.82, 2.24) is 19.9 Å². The maximum absolute atomic E-state index is 13.0. The number of nitrogens with zero attached hydrogens (tertiary/aromatic N) is 6. The Labute approximate surface area is 206 Å². The van der Waals surface area contributed by atoms with E-state index >= 15 is 0 Å². The average molecular weight is 499 g/mol. The van der Waals surface area contributed by atoms with Crippen molar-refractivity contribution in [2.75, 3.05) is 44.2 Å². The highest BCUT2D eigenvalue weighted by molar-refractivity contribution is 5.94. The number of benzene rings is 2. The largest absolute Gasteiger partial charge is 0.416 e. The third-order valence-electron chi connectivity index (χ3n) is 5.91. The molecule has 1 amide bonds. The van der Waals surface area contributed by atoms with Gasteiger partial charge >= 0.3 is 6.18 Å². The Kier molecular flexibility index (Phi) is 7.97. The van der Waals surface area contributed by atoms with Crippen LogP contribution in [0.1, 0.15) is 17.9 Å². The topological polar surface area (TPSA) is 89.5 Å². The van der Waals surface area contributed by atoms with Crippen LogP contribution in [-0.2, 0) is 17.5 Å². The van der Waals surface area contributed by atoms with Crippen LogP contribution in [-0.4, -0.2) is 65.1 Å². The molecule has 2 aromatic carbocycles. The molecule has 0 spiro atoms. The van der Waals surface area contributed by atoms with Gasteiger partial charge in [-0.3, -0.25) is 14.6 Å². The summed E-state index contributed by atoms with van der Waals surface area (Å²) in [5, 5.41) is 12.8. The molecule has 0 bridgehead atoms. The van der Waals surface area contributed by atoms with Crippen molar-refractivity contribution in [1.29, 1.82) is 5.26 Å². The van der Waals surface area contributed by atoms with Crippen LogP contribution in [0.4, 0.5) is 18.9 Å². The number of halogens is 3. The maximum Gasteiger partial charge on any atom is 0.416 e. The van der Waals surface area contributed by atoms with Gasteiger partial charge in [-0.1, -0.05) is 35.5 Å². The number of para-hydroxylation sites is 1. The van der Waals surface area contributed by atoms with Crippen LogP contribution in [0.3, 0.4) is 0 Å². The molecular formula is C25H25F3N6O2. The Hall–Kier alpha value is -3.75. The number of alkyl halides is 3. The van der Waals surface area contributed by atoms with Crippen LogP contribution < -0.4 is 4.90 Å². The Balaban J connectivity index is 1.30. The van der Waals surface area contributed by atoms with Crippen LogP contribution in [0.25, 0.3) is 11.4 Å². The summed E-state index contributed by atoms with van der Waals surface area (Å²) in [6.45, 7) is 3.59. The van der Waals surface area contributed by atoms with Gasteiger partial charge in [-0.05, 0) is 24.3 Å². The van der Waals surface area contributed by atoms with E-state index in [9.17, 15) is 18.0 Å². The molecule has 36 heavy (non-hydrogen) atoms. The molecule has 0 aliphatic carbocycles. The molecule has 4 rings (SSSR count). The lowest BCUT2D eigenvalue weighted by Crippen LogP contribution is -2.50. The smallest absolute Gasteiger partial charge is 0.338 e. The first-order valence-electron chi connectivity index (χ1n) is 11.5. The molecule has 0 atom stereocenters. The number of amides is 1. The third kappa shape index (κ3) is 6.47. The fourth-order valence-corrected chi connectivity index (χ4v) is 4.01. The predicted molar refractivity (Wildman–Crippen MR) is 125 cm³/mol. The SMILES string of the molecule is N#CCCN(C(=O)CN1CCN(Cc2nc(-c3cccc(C(F)(F)F)c3)no2)CC1)c1ccccc1. The molecule has 1 aliphatic heterocycles. The van der Waals surface area contributed by atoms with Gasteiger partial charge in [0.1, 0.15) is 0 Å². The summed E-state index contributed by atoms with van der Waals surface area (Å²) in [4.78, 5) is 23.0.